The van der Waals surface area contributed by atoms with Crippen LogP contribution in [0.2, 0.25) is 5.02 Å². The van der Waals surface area contributed by atoms with Crippen LogP contribution in [0.5, 0.6) is 5.88 Å². The monoisotopic (exact) mass is 452 g/mol. The second kappa shape index (κ2) is 10.1. The third kappa shape index (κ3) is 5.12. The minimum Gasteiger partial charge on any atom is -0.481 e. The van der Waals surface area contributed by atoms with Crippen LogP contribution < -0.4 is 10.3 Å². The number of aromatic nitrogens is 2. The molecule has 1 aromatic carbocycles. The Hall–Kier alpha value is -3.71. The Kier molecular flexibility index (Phi) is 7.22. The molecule has 2 heterocycles. The van der Waals surface area contributed by atoms with Crippen molar-refractivity contribution in [2.75, 3.05) is 13.7 Å². The number of carbonyl (C=O) groups excluding carboxylic acids is 2. The molecule has 0 amide bonds. The molecule has 3 aromatic rings. The summed E-state index contributed by atoms with van der Waals surface area (Å²) in [6, 6.07) is 9.44. The lowest BCUT2D eigenvalue weighted by Gasteiger charge is -2.14. The van der Waals surface area contributed by atoms with Gasteiger partial charge in [-0.2, -0.15) is 0 Å². The van der Waals surface area contributed by atoms with Gasteiger partial charge in [0.05, 0.1) is 13.7 Å². The number of hydrogen-bond acceptors (Lipinski definition) is 6. The van der Waals surface area contributed by atoms with E-state index in [-0.39, 0.29) is 23.8 Å². The van der Waals surface area contributed by atoms with Gasteiger partial charge < -0.3 is 14.0 Å². The number of nitrogens with zero attached hydrogens (tertiary/aromatic N) is 2. The molecule has 0 spiro atoms. The van der Waals surface area contributed by atoms with E-state index in [1.54, 1.807) is 44.4 Å². The lowest BCUT2D eigenvalue weighted by atomic mass is 9.93. The normalized spacial score (nSPS) is 10.9. The zero-order valence-corrected chi connectivity index (χ0v) is 18.6. The number of carbonyl (C=O) groups is 2. The van der Waals surface area contributed by atoms with Crippen LogP contribution in [0.15, 0.2) is 59.7 Å². The first-order valence-corrected chi connectivity index (χ1v) is 10.1. The van der Waals surface area contributed by atoms with Crippen molar-refractivity contribution in [1.29, 1.82) is 0 Å². The van der Waals surface area contributed by atoms with E-state index in [2.05, 4.69) is 4.98 Å². The van der Waals surface area contributed by atoms with Gasteiger partial charge in [-0.15, -0.1) is 0 Å². The van der Waals surface area contributed by atoms with Gasteiger partial charge in [-0.05, 0) is 42.8 Å². The number of halogens is 1. The van der Waals surface area contributed by atoms with Crippen molar-refractivity contribution in [2.24, 2.45) is 7.05 Å². The van der Waals surface area contributed by atoms with Crippen LogP contribution in [0.1, 0.15) is 28.4 Å². The van der Waals surface area contributed by atoms with Crippen molar-refractivity contribution in [1.82, 2.24) is 9.55 Å². The van der Waals surface area contributed by atoms with E-state index in [9.17, 15) is 14.4 Å². The van der Waals surface area contributed by atoms with E-state index in [1.165, 1.54) is 42.2 Å². The minimum absolute atomic E-state index is 0.231. The Balaban J connectivity index is 2.20. The minimum atomic E-state index is -0.538. The first-order chi connectivity index (χ1) is 15.3. The summed E-state index contributed by atoms with van der Waals surface area (Å²) in [6.45, 7) is 1.93. The third-order valence-corrected chi connectivity index (χ3v) is 4.93. The second-order valence-electron chi connectivity index (χ2n) is 6.79. The highest BCUT2D eigenvalue weighted by atomic mass is 35.5. The molecular weight excluding hydrogens is 432 g/mol. The van der Waals surface area contributed by atoms with Gasteiger partial charge in [0.25, 0.3) is 5.56 Å². The van der Waals surface area contributed by atoms with E-state index in [4.69, 9.17) is 21.1 Å². The highest BCUT2D eigenvalue weighted by Crippen LogP contribution is 2.30. The maximum atomic E-state index is 13.3. The fourth-order valence-corrected chi connectivity index (χ4v) is 3.19. The molecule has 0 bridgehead atoms. The molecule has 0 atom stereocenters. The van der Waals surface area contributed by atoms with Crippen LogP contribution in [-0.2, 0) is 16.6 Å². The van der Waals surface area contributed by atoms with Crippen LogP contribution in [-0.4, -0.2) is 35.0 Å². The zero-order chi connectivity index (χ0) is 23.3. The van der Waals surface area contributed by atoms with Crippen LogP contribution in [0, 0.1) is 0 Å². The number of esters is 1. The Morgan fingerprint density at radius 1 is 1.16 bits per heavy atom. The van der Waals surface area contributed by atoms with E-state index in [0.717, 1.165) is 0 Å². The van der Waals surface area contributed by atoms with Gasteiger partial charge in [-0.1, -0.05) is 11.6 Å². The van der Waals surface area contributed by atoms with Crippen molar-refractivity contribution >= 4 is 29.4 Å². The Labute approximate surface area is 189 Å². The fraction of sp³-hybridized carbons (Fsp3) is 0.167. The molecule has 0 saturated heterocycles. The number of methoxy groups -OCH3 is 1. The van der Waals surface area contributed by atoms with Gasteiger partial charge in [0.2, 0.25) is 5.88 Å². The largest absolute Gasteiger partial charge is 0.481 e. The van der Waals surface area contributed by atoms with E-state index >= 15 is 0 Å². The molecule has 3 rings (SSSR count). The zero-order valence-electron chi connectivity index (χ0n) is 17.8. The molecule has 0 aliphatic carbocycles. The molecule has 0 unspecified atom stereocenters. The molecule has 7 nitrogen and oxygen atoms in total. The lowest BCUT2D eigenvalue weighted by molar-refractivity contribution is -0.137. The smallest absolute Gasteiger partial charge is 0.330 e. The molecule has 2 aromatic heterocycles. The van der Waals surface area contributed by atoms with Crippen LogP contribution in [0.3, 0.4) is 0 Å². The second-order valence-corrected chi connectivity index (χ2v) is 7.22. The van der Waals surface area contributed by atoms with E-state index in [1.807, 2.05) is 0 Å². The van der Waals surface area contributed by atoms with Gasteiger partial charge in [-0.3, -0.25) is 9.59 Å². The molecule has 0 fully saturated rings. The number of pyridine rings is 2. The first kappa shape index (κ1) is 23.0. The van der Waals surface area contributed by atoms with Crippen molar-refractivity contribution in [3.8, 4) is 17.0 Å². The summed E-state index contributed by atoms with van der Waals surface area (Å²) >= 11 is 5.95. The summed E-state index contributed by atoms with van der Waals surface area (Å²) in [4.78, 5) is 41.7. The van der Waals surface area contributed by atoms with Crippen LogP contribution in [0.25, 0.3) is 17.2 Å². The number of ether oxygens (including phenoxy) is 2. The predicted octanol–water partition coefficient (Wildman–Crippen LogP) is 3.92. The summed E-state index contributed by atoms with van der Waals surface area (Å²) in [5.74, 6) is -0.546. The summed E-state index contributed by atoms with van der Waals surface area (Å²) in [6.07, 6.45) is 5.81. The van der Waals surface area contributed by atoms with Gasteiger partial charge >= 0.3 is 5.97 Å². The maximum Gasteiger partial charge on any atom is 0.330 e. The molecule has 0 N–H and O–H groups in total. The standard InChI is InChI=1S/C24H21ClN2O5/c1-4-32-23(29)10-7-16-11-22(28)27(2)14-20(16)19-13-26-21(31-3)12-18(19)24(30)15-5-8-17(25)9-6-15/h5-14H,4H2,1-3H3/b10-7+. The average molecular weight is 453 g/mol. The van der Waals surface area contributed by atoms with Gasteiger partial charge in [0.15, 0.2) is 5.78 Å². The summed E-state index contributed by atoms with van der Waals surface area (Å²) in [5.41, 5.74) is 1.94. The molecule has 32 heavy (non-hydrogen) atoms. The number of rotatable bonds is 7. The summed E-state index contributed by atoms with van der Waals surface area (Å²) in [5, 5.41) is 0.513. The Bertz CT molecular complexity index is 1250. The number of benzene rings is 1. The van der Waals surface area contributed by atoms with Crippen molar-refractivity contribution in [3.05, 3.63) is 86.9 Å². The molecule has 164 valence electrons. The first-order valence-electron chi connectivity index (χ1n) is 9.74. The molecule has 0 radical (unpaired) electrons. The van der Waals surface area contributed by atoms with E-state index in [0.29, 0.717) is 32.8 Å². The molecule has 0 aliphatic rings. The molecule has 0 aliphatic heterocycles. The molecule has 0 saturated carbocycles. The number of ketones is 1. The predicted molar refractivity (Wildman–Crippen MR) is 122 cm³/mol. The molecule has 8 heteroatoms. The van der Waals surface area contributed by atoms with Crippen molar-refractivity contribution in [3.63, 3.8) is 0 Å². The van der Waals surface area contributed by atoms with Gasteiger partial charge in [0.1, 0.15) is 0 Å². The highest BCUT2D eigenvalue weighted by Gasteiger charge is 2.19. The van der Waals surface area contributed by atoms with Gasteiger partial charge in [0, 0.05) is 64.9 Å². The highest BCUT2D eigenvalue weighted by molar-refractivity contribution is 6.30. The fourth-order valence-electron chi connectivity index (χ4n) is 3.06. The summed E-state index contributed by atoms with van der Waals surface area (Å²) < 4.78 is 11.5. The van der Waals surface area contributed by atoms with Crippen LogP contribution >= 0.6 is 11.6 Å². The maximum absolute atomic E-state index is 13.3. The Morgan fingerprint density at radius 2 is 1.88 bits per heavy atom. The van der Waals surface area contributed by atoms with E-state index < -0.39 is 5.97 Å². The third-order valence-electron chi connectivity index (χ3n) is 4.68. The quantitative estimate of drug-likeness (QED) is 0.307. The van der Waals surface area contributed by atoms with Gasteiger partial charge in [-0.25, -0.2) is 9.78 Å². The average Bonchev–Trinajstić information content (AvgIpc) is 2.79. The van der Waals surface area contributed by atoms with Crippen LogP contribution in [0.4, 0.5) is 0 Å². The van der Waals surface area contributed by atoms with Crippen molar-refractivity contribution < 1.29 is 19.1 Å². The number of hydrogen-bond donors (Lipinski definition) is 0. The van der Waals surface area contributed by atoms with Crippen molar-refractivity contribution in [2.45, 2.75) is 6.92 Å². The Morgan fingerprint density at radius 3 is 2.53 bits per heavy atom. The SMILES string of the molecule is CCOC(=O)/C=C/c1cc(=O)n(C)cc1-c1cnc(OC)cc1C(=O)c1ccc(Cl)cc1. The summed E-state index contributed by atoms with van der Waals surface area (Å²) in [7, 11) is 3.06. The lowest BCUT2D eigenvalue weighted by Crippen LogP contribution is -2.16. The number of aryl methyl sites for hydroxylation is 1. The topological polar surface area (TPSA) is 87.5 Å². The molecular formula is C24H21ClN2O5.